The Morgan fingerprint density at radius 1 is 1.06 bits per heavy atom. The molecule has 1 aliphatic rings. The maximum Gasteiger partial charge on any atom is 0.422 e. The largest absolute Gasteiger partial charge is 0.484 e. The van der Waals surface area contributed by atoms with E-state index in [0.717, 1.165) is 30.0 Å². The standard InChI is InChI=1S/C22H28F3N5O.HI/c1-2-26-21(28-13-17-5-8-19(9-6-17)31-16-22(23,24)25)29-15-18-7-10-20(27-14-18)30-11-3-4-12-30;/h5-10,14H,2-4,11-13,15-16H2,1H3,(H2,26,28,29);1H. The maximum absolute atomic E-state index is 12.2. The molecule has 2 heterocycles. The molecule has 0 saturated carbocycles. The number of aliphatic imine (C=N–C) groups is 1. The van der Waals surface area contributed by atoms with Crippen LogP contribution in [-0.4, -0.2) is 43.4 Å². The lowest BCUT2D eigenvalue weighted by Gasteiger charge is -2.16. The van der Waals surface area contributed by atoms with Gasteiger partial charge in [0.05, 0.1) is 6.54 Å². The summed E-state index contributed by atoms with van der Waals surface area (Å²) in [6, 6.07) is 10.6. The van der Waals surface area contributed by atoms with Crippen LogP contribution in [0.5, 0.6) is 5.75 Å². The molecule has 0 amide bonds. The molecule has 1 fully saturated rings. The summed E-state index contributed by atoms with van der Waals surface area (Å²) in [6.07, 6.45) is -0.0503. The number of halogens is 4. The Morgan fingerprint density at radius 3 is 2.34 bits per heavy atom. The van der Waals surface area contributed by atoms with Crippen LogP contribution in [0, 0.1) is 0 Å². The SMILES string of the molecule is CCNC(=NCc1ccc(N2CCCC2)nc1)NCc1ccc(OCC(F)(F)F)cc1.I. The fraction of sp³-hybridized carbons (Fsp3) is 0.455. The molecule has 1 aromatic heterocycles. The predicted octanol–water partition coefficient (Wildman–Crippen LogP) is 4.50. The summed E-state index contributed by atoms with van der Waals surface area (Å²) in [5.41, 5.74) is 1.92. The minimum Gasteiger partial charge on any atom is -0.484 e. The first-order chi connectivity index (χ1) is 14.9. The number of ether oxygens (including phenoxy) is 1. The Bertz CT molecular complexity index is 838. The molecule has 10 heteroatoms. The van der Waals surface area contributed by atoms with Crippen LogP contribution in [0.4, 0.5) is 19.0 Å². The third kappa shape index (κ3) is 8.71. The lowest BCUT2D eigenvalue weighted by molar-refractivity contribution is -0.153. The van der Waals surface area contributed by atoms with Crippen molar-refractivity contribution >= 4 is 35.8 Å². The normalized spacial score (nSPS) is 14.1. The Labute approximate surface area is 203 Å². The number of nitrogens with zero attached hydrogens (tertiary/aromatic N) is 3. The quantitative estimate of drug-likeness (QED) is 0.282. The fourth-order valence-corrected chi connectivity index (χ4v) is 3.21. The number of anilines is 1. The van der Waals surface area contributed by atoms with Crippen molar-refractivity contribution < 1.29 is 17.9 Å². The predicted molar refractivity (Wildman–Crippen MR) is 131 cm³/mol. The van der Waals surface area contributed by atoms with Crippen LogP contribution >= 0.6 is 24.0 Å². The molecule has 6 nitrogen and oxygen atoms in total. The van der Waals surface area contributed by atoms with Crippen LogP contribution in [0.2, 0.25) is 0 Å². The van der Waals surface area contributed by atoms with Gasteiger partial charge in [0.25, 0.3) is 0 Å². The highest BCUT2D eigenvalue weighted by molar-refractivity contribution is 14.0. The summed E-state index contributed by atoms with van der Waals surface area (Å²) in [5, 5.41) is 6.42. The molecule has 0 atom stereocenters. The van der Waals surface area contributed by atoms with Gasteiger partial charge in [0.1, 0.15) is 11.6 Å². The van der Waals surface area contributed by atoms with Gasteiger partial charge in [-0.15, -0.1) is 24.0 Å². The first kappa shape index (κ1) is 26.0. The molecule has 0 unspecified atom stereocenters. The van der Waals surface area contributed by atoms with Crippen LogP contribution in [0.25, 0.3) is 0 Å². The molecule has 1 aliphatic heterocycles. The van der Waals surface area contributed by atoms with Gasteiger partial charge in [0.15, 0.2) is 12.6 Å². The van der Waals surface area contributed by atoms with Crippen molar-refractivity contribution in [3.05, 3.63) is 53.7 Å². The Morgan fingerprint density at radius 2 is 1.75 bits per heavy atom. The second-order valence-corrected chi connectivity index (χ2v) is 7.32. The highest BCUT2D eigenvalue weighted by Crippen LogP contribution is 2.19. The smallest absolute Gasteiger partial charge is 0.422 e. The first-order valence-electron chi connectivity index (χ1n) is 10.4. The number of nitrogens with one attached hydrogen (secondary N) is 2. The summed E-state index contributed by atoms with van der Waals surface area (Å²) in [7, 11) is 0. The van der Waals surface area contributed by atoms with Gasteiger partial charge in [-0.3, -0.25) is 0 Å². The number of alkyl halides is 3. The van der Waals surface area contributed by atoms with E-state index in [0.29, 0.717) is 25.6 Å². The van der Waals surface area contributed by atoms with E-state index in [2.05, 4.69) is 25.5 Å². The van der Waals surface area contributed by atoms with Crippen molar-refractivity contribution in [3.63, 3.8) is 0 Å². The molecule has 2 aromatic rings. The van der Waals surface area contributed by atoms with Crippen molar-refractivity contribution in [2.75, 3.05) is 31.1 Å². The van der Waals surface area contributed by atoms with Gasteiger partial charge in [-0.05, 0) is 49.1 Å². The first-order valence-corrected chi connectivity index (χ1v) is 10.4. The fourth-order valence-electron chi connectivity index (χ4n) is 3.21. The molecular formula is C22H29F3IN5O. The minimum atomic E-state index is -4.35. The Balaban J connectivity index is 0.00000363. The molecule has 0 spiro atoms. The molecule has 1 aromatic carbocycles. The van der Waals surface area contributed by atoms with E-state index in [9.17, 15) is 13.2 Å². The molecular weight excluding hydrogens is 534 g/mol. The number of hydrogen-bond acceptors (Lipinski definition) is 4. The third-order valence-electron chi connectivity index (χ3n) is 4.79. The van der Waals surface area contributed by atoms with E-state index in [4.69, 9.17) is 4.74 Å². The van der Waals surface area contributed by atoms with E-state index in [1.807, 2.05) is 25.3 Å². The lowest BCUT2D eigenvalue weighted by atomic mass is 10.2. The number of benzene rings is 1. The molecule has 0 aliphatic carbocycles. The monoisotopic (exact) mass is 563 g/mol. The molecule has 0 bridgehead atoms. The van der Waals surface area contributed by atoms with Crippen molar-refractivity contribution in [2.45, 2.75) is 39.0 Å². The second kappa shape index (κ2) is 12.7. The van der Waals surface area contributed by atoms with Gasteiger partial charge in [0, 0.05) is 32.4 Å². The van der Waals surface area contributed by atoms with Gasteiger partial charge in [-0.2, -0.15) is 13.2 Å². The number of hydrogen-bond donors (Lipinski definition) is 2. The molecule has 176 valence electrons. The number of aromatic nitrogens is 1. The zero-order valence-electron chi connectivity index (χ0n) is 18.0. The third-order valence-corrected chi connectivity index (χ3v) is 4.79. The average Bonchev–Trinajstić information content (AvgIpc) is 3.30. The van der Waals surface area contributed by atoms with Crippen molar-refractivity contribution in [3.8, 4) is 5.75 Å². The minimum absolute atomic E-state index is 0. The zero-order valence-corrected chi connectivity index (χ0v) is 20.3. The number of pyridine rings is 1. The number of guanidine groups is 1. The number of rotatable bonds is 8. The van der Waals surface area contributed by atoms with Gasteiger partial charge in [-0.1, -0.05) is 18.2 Å². The van der Waals surface area contributed by atoms with Crippen LogP contribution < -0.4 is 20.3 Å². The van der Waals surface area contributed by atoms with E-state index in [-0.39, 0.29) is 29.7 Å². The topological polar surface area (TPSA) is 61.8 Å². The van der Waals surface area contributed by atoms with Crippen LogP contribution in [0.15, 0.2) is 47.6 Å². The Kier molecular flexibility index (Phi) is 10.3. The summed E-state index contributed by atoms with van der Waals surface area (Å²) < 4.78 is 41.4. The zero-order chi connectivity index (χ0) is 22.1. The Hall–Kier alpha value is -2.24. The van der Waals surface area contributed by atoms with Crippen molar-refractivity contribution in [2.24, 2.45) is 4.99 Å². The summed E-state index contributed by atoms with van der Waals surface area (Å²) in [5.74, 6) is 1.85. The van der Waals surface area contributed by atoms with Gasteiger partial charge < -0.3 is 20.3 Å². The highest BCUT2D eigenvalue weighted by Gasteiger charge is 2.28. The summed E-state index contributed by atoms with van der Waals surface area (Å²) in [6.45, 7) is 4.50. The van der Waals surface area contributed by atoms with Gasteiger partial charge in [-0.25, -0.2) is 9.98 Å². The van der Waals surface area contributed by atoms with Gasteiger partial charge in [0.2, 0.25) is 0 Å². The van der Waals surface area contributed by atoms with E-state index in [1.165, 1.54) is 25.0 Å². The van der Waals surface area contributed by atoms with E-state index < -0.39 is 12.8 Å². The second-order valence-electron chi connectivity index (χ2n) is 7.32. The van der Waals surface area contributed by atoms with Crippen LogP contribution in [0.1, 0.15) is 30.9 Å². The van der Waals surface area contributed by atoms with Crippen molar-refractivity contribution in [1.29, 1.82) is 0 Å². The maximum atomic E-state index is 12.2. The van der Waals surface area contributed by atoms with Crippen molar-refractivity contribution in [1.82, 2.24) is 15.6 Å². The van der Waals surface area contributed by atoms with E-state index in [1.54, 1.807) is 12.1 Å². The van der Waals surface area contributed by atoms with Gasteiger partial charge >= 0.3 is 6.18 Å². The van der Waals surface area contributed by atoms with Crippen LogP contribution in [-0.2, 0) is 13.1 Å². The molecule has 32 heavy (non-hydrogen) atoms. The molecule has 0 radical (unpaired) electrons. The molecule has 3 rings (SSSR count). The lowest BCUT2D eigenvalue weighted by Crippen LogP contribution is -2.36. The molecule has 2 N–H and O–H groups in total. The van der Waals surface area contributed by atoms with E-state index >= 15 is 0 Å². The van der Waals surface area contributed by atoms with Crippen LogP contribution in [0.3, 0.4) is 0 Å². The highest BCUT2D eigenvalue weighted by atomic mass is 127. The summed E-state index contributed by atoms with van der Waals surface area (Å²) in [4.78, 5) is 11.4. The summed E-state index contributed by atoms with van der Waals surface area (Å²) >= 11 is 0. The average molecular weight is 563 g/mol. The molecule has 1 saturated heterocycles.